The zero-order valence-corrected chi connectivity index (χ0v) is 19.4. The smallest absolute Gasteiger partial charge is 0.186 e. The van der Waals surface area contributed by atoms with Gasteiger partial charge in [-0.1, -0.05) is 84.5 Å². The zero-order valence-electron chi connectivity index (χ0n) is 19.4. The summed E-state index contributed by atoms with van der Waals surface area (Å²) < 4.78 is 12.7. The monoisotopic (exact) mass is 395 g/mol. The Morgan fingerprint density at radius 3 is 2.18 bits per heavy atom. The number of hydrogen-bond donors (Lipinski definition) is 1. The summed E-state index contributed by atoms with van der Waals surface area (Å²) >= 11 is 0. The Kier molecular flexibility index (Phi) is 11.4. The molecule has 1 heterocycles. The highest BCUT2D eigenvalue weighted by Crippen LogP contribution is 2.45. The molecule has 4 unspecified atom stereocenters. The third-order valence-corrected chi connectivity index (χ3v) is 7.73. The summed E-state index contributed by atoms with van der Waals surface area (Å²) in [6, 6.07) is 0.350. The zero-order chi connectivity index (χ0) is 20.2. The van der Waals surface area contributed by atoms with Gasteiger partial charge in [-0.25, -0.2) is 0 Å². The summed E-state index contributed by atoms with van der Waals surface area (Å²) in [7, 11) is 3.80. The summed E-state index contributed by atoms with van der Waals surface area (Å²) in [6.07, 6.45) is 20.0. The van der Waals surface area contributed by atoms with Crippen LogP contribution in [0.2, 0.25) is 0 Å². The minimum Gasteiger partial charge on any atom is -0.351 e. The molecule has 0 spiro atoms. The molecule has 1 aliphatic heterocycles. The van der Waals surface area contributed by atoms with Crippen LogP contribution in [0.3, 0.4) is 0 Å². The Balaban J connectivity index is 2.08. The number of rotatable bonds is 14. The Morgan fingerprint density at radius 2 is 1.46 bits per heavy atom. The first-order chi connectivity index (χ1) is 13.7. The number of unbranched alkanes of at least 4 members (excludes halogenated alkanes) is 6. The largest absolute Gasteiger partial charge is 0.351 e. The standard InChI is InChI=1S/C25H49NO2/c1-5-7-9-10-11-12-17-22(16-8-6-2)25(27-3,28-4)24-23-18-14-13-15-21(23)19-20-26-24/h21-24,26H,5-20H2,1-4H3. The lowest BCUT2D eigenvalue weighted by atomic mass is 9.67. The molecule has 4 atom stereocenters. The van der Waals surface area contributed by atoms with E-state index >= 15 is 0 Å². The SMILES string of the molecule is CCCCCCCCC(CCCC)C(OC)(OC)C1NCCC2CCCCC21. The van der Waals surface area contributed by atoms with Gasteiger partial charge >= 0.3 is 0 Å². The van der Waals surface area contributed by atoms with Crippen molar-refractivity contribution in [2.24, 2.45) is 17.8 Å². The quantitative estimate of drug-likeness (QED) is 0.262. The van der Waals surface area contributed by atoms with Crippen molar-refractivity contribution in [3.63, 3.8) is 0 Å². The molecular weight excluding hydrogens is 346 g/mol. The van der Waals surface area contributed by atoms with E-state index in [4.69, 9.17) is 9.47 Å². The number of nitrogens with one attached hydrogen (secondary N) is 1. The Labute approximate surface area is 175 Å². The fourth-order valence-electron chi connectivity index (χ4n) is 6.14. The van der Waals surface area contributed by atoms with E-state index in [9.17, 15) is 0 Å². The molecule has 0 amide bonds. The van der Waals surface area contributed by atoms with Crippen molar-refractivity contribution in [1.82, 2.24) is 5.32 Å². The van der Waals surface area contributed by atoms with Crippen LogP contribution in [0, 0.1) is 17.8 Å². The van der Waals surface area contributed by atoms with Gasteiger partial charge in [0.05, 0.1) is 6.04 Å². The minimum absolute atomic E-state index is 0.350. The summed E-state index contributed by atoms with van der Waals surface area (Å²) in [5.41, 5.74) is 0. The predicted molar refractivity (Wildman–Crippen MR) is 120 cm³/mol. The summed E-state index contributed by atoms with van der Waals surface area (Å²) in [5, 5.41) is 3.89. The van der Waals surface area contributed by atoms with Gasteiger partial charge in [-0.05, 0) is 44.1 Å². The molecule has 1 saturated heterocycles. The van der Waals surface area contributed by atoms with Crippen LogP contribution in [-0.2, 0) is 9.47 Å². The predicted octanol–water partition coefficient (Wildman–Crippen LogP) is 6.70. The summed E-state index contributed by atoms with van der Waals surface area (Å²) in [4.78, 5) is 0. The topological polar surface area (TPSA) is 30.5 Å². The molecule has 1 saturated carbocycles. The molecule has 2 fully saturated rings. The molecular formula is C25H49NO2. The Morgan fingerprint density at radius 1 is 0.821 bits per heavy atom. The van der Waals surface area contributed by atoms with Crippen LogP contribution in [0.15, 0.2) is 0 Å². The van der Waals surface area contributed by atoms with E-state index in [0.29, 0.717) is 12.0 Å². The van der Waals surface area contributed by atoms with Crippen LogP contribution in [-0.4, -0.2) is 32.6 Å². The van der Waals surface area contributed by atoms with Gasteiger partial charge in [0.2, 0.25) is 0 Å². The molecule has 0 aromatic rings. The van der Waals surface area contributed by atoms with Crippen LogP contribution in [0.25, 0.3) is 0 Å². The minimum atomic E-state index is -0.459. The highest BCUT2D eigenvalue weighted by atomic mass is 16.7. The lowest BCUT2D eigenvalue weighted by Gasteiger charge is -2.52. The maximum Gasteiger partial charge on any atom is 0.186 e. The molecule has 0 aromatic heterocycles. The van der Waals surface area contributed by atoms with Gasteiger partial charge in [0.25, 0.3) is 0 Å². The van der Waals surface area contributed by atoms with E-state index in [1.165, 1.54) is 96.3 Å². The first-order valence-corrected chi connectivity index (χ1v) is 12.6. The molecule has 0 radical (unpaired) electrons. The second-order valence-electron chi connectivity index (χ2n) is 9.45. The second kappa shape index (κ2) is 13.2. The maximum absolute atomic E-state index is 6.35. The average Bonchev–Trinajstić information content (AvgIpc) is 2.75. The van der Waals surface area contributed by atoms with Crippen molar-refractivity contribution in [3.05, 3.63) is 0 Å². The third-order valence-electron chi connectivity index (χ3n) is 7.73. The number of ether oxygens (including phenoxy) is 2. The molecule has 0 bridgehead atoms. The normalized spacial score (nSPS) is 26.8. The van der Waals surface area contributed by atoms with Crippen molar-refractivity contribution < 1.29 is 9.47 Å². The maximum atomic E-state index is 6.35. The first-order valence-electron chi connectivity index (χ1n) is 12.6. The van der Waals surface area contributed by atoms with Crippen molar-refractivity contribution in [3.8, 4) is 0 Å². The van der Waals surface area contributed by atoms with Crippen LogP contribution >= 0.6 is 0 Å². The molecule has 2 aliphatic rings. The van der Waals surface area contributed by atoms with Crippen LogP contribution < -0.4 is 5.32 Å². The number of fused-ring (bicyclic) bond motifs is 1. The van der Waals surface area contributed by atoms with Gasteiger partial charge in [-0.3, -0.25) is 0 Å². The molecule has 1 N–H and O–H groups in total. The van der Waals surface area contributed by atoms with E-state index < -0.39 is 5.79 Å². The number of piperidine rings is 1. The van der Waals surface area contributed by atoms with Crippen LogP contribution in [0.5, 0.6) is 0 Å². The second-order valence-corrected chi connectivity index (χ2v) is 9.45. The van der Waals surface area contributed by atoms with E-state index in [2.05, 4.69) is 19.2 Å². The van der Waals surface area contributed by atoms with Gasteiger partial charge in [0, 0.05) is 20.1 Å². The van der Waals surface area contributed by atoms with Gasteiger partial charge in [-0.2, -0.15) is 0 Å². The van der Waals surface area contributed by atoms with E-state index in [1.807, 2.05) is 14.2 Å². The van der Waals surface area contributed by atoms with Crippen molar-refractivity contribution in [2.75, 3.05) is 20.8 Å². The van der Waals surface area contributed by atoms with Gasteiger partial charge in [-0.15, -0.1) is 0 Å². The first kappa shape index (κ1) is 24.2. The lowest BCUT2D eigenvalue weighted by Crippen LogP contribution is -2.64. The summed E-state index contributed by atoms with van der Waals surface area (Å²) in [5.74, 6) is 1.62. The Hall–Kier alpha value is -0.120. The highest BCUT2D eigenvalue weighted by molar-refractivity contribution is 5.00. The number of methoxy groups -OCH3 is 2. The highest BCUT2D eigenvalue weighted by Gasteiger charge is 2.52. The average molecular weight is 396 g/mol. The van der Waals surface area contributed by atoms with Crippen molar-refractivity contribution in [1.29, 1.82) is 0 Å². The van der Waals surface area contributed by atoms with Gasteiger partial charge in [0.1, 0.15) is 0 Å². The van der Waals surface area contributed by atoms with Crippen LogP contribution in [0.1, 0.15) is 110 Å². The molecule has 0 aromatic carbocycles. The van der Waals surface area contributed by atoms with Gasteiger partial charge < -0.3 is 14.8 Å². The van der Waals surface area contributed by atoms with E-state index in [1.54, 1.807) is 0 Å². The fourth-order valence-corrected chi connectivity index (χ4v) is 6.14. The molecule has 3 heteroatoms. The Bertz CT molecular complexity index is 394. The van der Waals surface area contributed by atoms with Gasteiger partial charge in [0.15, 0.2) is 5.79 Å². The third kappa shape index (κ3) is 6.19. The fraction of sp³-hybridized carbons (Fsp3) is 1.00. The molecule has 1 aliphatic carbocycles. The molecule has 3 nitrogen and oxygen atoms in total. The number of hydrogen-bond acceptors (Lipinski definition) is 3. The van der Waals surface area contributed by atoms with Crippen molar-refractivity contribution >= 4 is 0 Å². The lowest BCUT2D eigenvalue weighted by molar-refractivity contribution is -0.274. The summed E-state index contributed by atoms with van der Waals surface area (Å²) in [6.45, 7) is 5.72. The molecule has 2 rings (SSSR count). The van der Waals surface area contributed by atoms with E-state index in [0.717, 1.165) is 18.4 Å². The molecule has 28 heavy (non-hydrogen) atoms. The molecule has 166 valence electrons. The van der Waals surface area contributed by atoms with E-state index in [-0.39, 0.29) is 0 Å². The van der Waals surface area contributed by atoms with Crippen molar-refractivity contribution in [2.45, 2.75) is 122 Å². The van der Waals surface area contributed by atoms with Crippen LogP contribution in [0.4, 0.5) is 0 Å².